The highest BCUT2D eigenvalue weighted by Gasteiger charge is 2.32. The van der Waals surface area contributed by atoms with Crippen molar-refractivity contribution in [3.05, 3.63) is 46.3 Å². The zero-order valence-corrected chi connectivity index (χ0v) is 12.9. The van der Waals surface area contributed by atoms with Crippen LogP contribution in [0.25, 0.3) is 5.82 Å². The van der Waals surface area contributed by atoms with Gasteiger partial charge in [0.05, 0.1) is 12.2 Å². The van der Waals surface area contributed by atoms with Crippen molar-refractivity contribution in [2.75, 3.05) is 6.61 Å². The fourth-order valence-corrected chi connectivity index (χ4v) is 1.93. The SMILES string of the molecule is CCOSOc1cc(C(F)(F)F)cnc1-n1cnc(C)cc1=O. The first-order chi connectivity index (χ1) is 10.8. The second kappa shape index (κ2) is 7.01. The molecule has 0 atom stereocenters. The van der Waals surface area contributed by atoms with E-state index in [1.54, 1.807) is 13.8 Å². The summed E-state index contributed by atoms with van der Waals surface area (Å²) in [4.78, 5) is 19.6. The van der Waals surface area contributed by atoms with E-state index in [9.17, 15) is 18.0 Å². The van der Waals surface area contributed by atoms with Crippen LogP contribution in [0.3, 0.4) is 0 Å². The molecule has 0 radical (unpaired) electrons. The lowest BCUT2D eigenvalue weighted by molar-refractivity contribution is -0.137. The van der Waals surface area contributed by atoms with Gasteiger partial charge < -0.3 is 4.18 Å². The Bertz CT molecular complexity index is 749. The minimum absolute atomic E-state index is 0.109. The van der Waals surface area contributed by atoms with Crippen molar-refractivity contribution < 1.29 is 21.5 Å². The van der Waals surface area contributed by atoms with Gasteiger partial charge in [0.25, 0.3) is 5.56 Å². The predicted octanol–water partition coefficient (Wildman–Crippen LogP) is 2.93. The van der Waals surface area contributed by atoms with Crippen molar-refractivity contribution in [2.45, 2.75) is 20.0 Å². The first kappa shape index (κ1) is 17.3. The first-order valence-corrected chi connectivity index (χ1v) is 7.08. The van der Waals surface area contributed by atoms with Gasteiger partial charge in [0, 0.05) is 18.0 Å². The maximum atomic E-state index is 12.8. The smallest absolute Gasteiger partial charge is 0.396 e. The molecule has 2 rings (SSSR count). The summed E-state index contributed by atoms with van der Waals surface area (Å²) < 4.78 is 49.4. The first-order valence-electron chi connectivity index (χ1n) is 6.42. The third-order valence-corrected chi connectivity index (χ3v) is 3.20. The Labute approximate surface area is 133 Å². The van der Waals surface area contributed by atoms with Crippen LogP contribution in [-0.4, -0.2) is 21.1 Å². The molecule has 0 amide bonds. The van der Waals surface area contributed by atoms with Gasteiger partial charge in [-0.05, 0) is 19.9 Å². The Kier molecular flexibility index (Phi) is 5.26. The van der Waals surface area contributed by atoms with Crippen LogP contribution in [0.2, 0.25) is 0 Å². The molecule has 2 aromatic heterocycles. The number of halogens is 3. The van der Waals surface area contributed by atoms with Gasteiger partial charge in [0.1, 0.15) is 6.33 Å². The zero-order valence-electron chi connectivity index (χ0n) is 12.1. The summed E-state index contributed by atoms with van der Waals surface area (Å²) in [7, 11) is 0. The standard InChI is InChI=1S/C13H12F3N3O3S/c1-3-21-23-22-10-5-9(13(14,15)16)6-17-12(10)19-7-18-8(2)4-11(19)20/h4-7H,3H2,1-2H3. The third-order valence-electron chi connectivity index (χ3n) is 2.62. The number of pyridine rings is 1. The molecule has 0 aliphatic carbocycles. The van der Waals surface area contributed by atoms with Crippen molar-refractivity contribution in [2.24, 2.45) is 0 Å². The van der Waals surface area contributed by atoms with Crippen molar-refractivity contribution in [3.8, 4) is 11.6 Å². The lowest BCUT2D eigenvalue weighted by Crippen LogP contribution is -2.20. The van der Waals surface area contributed by atoms with Crippen LogP contribution in [0.1, 0.15) is 18.2 Å². The van der Waals surface area contributed by atoms with Crippen LogP contribution >= 0.6 is 12.3 Å². The summed E-state index contributed by atoms with van der Waals surface area (Å²) in [6.45, 7) is 3.60. The van der Waals surface area contributed by atoms with E-state index in [4.69, 9.17) is 8.37 Å². The molecule has 23 heavy (non-hydrogen) atoms. The van der Waals surface area contributed by atoms with Crippen molar-refractivity contribution in [3.63, 3.8) is 0 Å². The van der Waals surface area contributed by atoms with Crippen LogP contribution in [0.4, 0.5) is 13.2 Å². The van der Waals surface area contributed by atoms with Gasteiger partial charge in [0.15, 0.2) is 11.6 Å². The normalized spacial score (nSPS) is 11.5. The predicted molar refractivity (Wildman–Crippen MR) is 77.2 cm³/mol. The highest BCUT2D eigenvalue weighted by atomic mass is 32.2. The van der Waals surface area contributed by atoms with Gasteiger partial charge in [-0.1, -0.05) is 0 Å². The molecule has 2 aromatic rings. The maximum absolute atomic E-state index is 12.8. The van der Waals surface area contributed by atoms with Gasteiger partial charge in [-0.3, -0.25) is 8.98 Å². The molecule has 10 heteroatoms. The molecule has 0 saturated heterocycles. The van der Waals surface area contributed by atoms with Gasteiger partial charge in [0.2, 0.25) is 12.3 Å². The minimum Gasteiger partial charge on any atom is -0.396 e. The van der Waals surface area contributed by atoms with E-state index in [0.717, 1.165) is 10.6 Å². The van der Waals surface area contributed by atoms with Crippen LogP contribution in [-0.2, 0) is 10.4 Å². The minimum atomic E-state index is -4.59. The van der Waals surface area contributed by atoms with E-state index in [-0.39, 0.29) is 11.6 Å². The zero-order chi connectivity index (χ0) is 17.0. The average Bonchev–Trinajstić information content (AvgIpc) is 2.47. The summed E-state index contributed by atoms with van der Waals surface area (Å²) in [6, 6.07) is 1.99. The highest BCUT2D eigenvalue weighted by molar-refractivity contribution is 7.90. The average molecular weight is 347 g/mol. The van der Waals surface area contributed by atoms with Crippen LogP contribution in [0.5, 0.6) is 5.75 Å². The monoisotopic (exact) mass is 347 g/mol. The summed E-state index contributed by atoms with van der Waals surface area (Å²) in [5, 5.41) is 0. The largest absolute Gasteiger partial charge is 0.418 e. The molecule has 0 fully saturated rings. The Morgan fingerprint density at radius 1 is 1.30 bits per heavy atom. The van der Waals surface area contributed by atoms with Crippen LogP contribution in [0, 0.1) is 6.92 Å². The molecule has 0 saturated carbocycles. The van der Waals surface area contributed by atoms with Gasteiger partial charge >= 0.3 is 6.18 Å². The molecule has 0 N–H and O–H groups in total. The topological polar surface area (TPSA) is 66.2 Å². The number of aromatic nitrogens is 3. The lowest BCUT2D eigenvalue weighted by Gasteiger charge is -2.13. The molecular formula is C13H12F3N3O3S. The molecule has 0 aromatic carbocycles. The van der Waals surface area contributed by atoms with E-state index in [2.05, 4.69) is 9.97 Å². The Morgan fingerprint density at radius 2 is 2.04 bits per heavy atom. The molecule has 0 aliphatic rings. The highest BCUT2D eigenvalue weighted by Crippen LogP contribution is 2.34. The summed E-state index contributed by atoms with van der Waals surface area (Å²) in [5.74, 6) is -0.367. The van der Waals surface area contributed by atoms with Crippen molar-refractivity contribution in [1.29, 1.82) is 0 Å². The number of hydrogen-bond acceptors (Lipinski definition) is 6. The number of nitrogens with zero attached hydrogens (tertiary/aromatic N) is 3. The summed E-state index contributed by atoms with van der Waals surface area (Å²) in [6.07, 6.45) is -2.79. The lowest BCUT2D eigenvalue weighted by atomic mass is 10.2. The number of alkyl halides is 3. The summed E-state index contributed by atoms with van der Waals surface area (Å²) in [5.41, 5.74) is -1.01. The van der Waals surface area contributed by atoms with Gasteiger partial charge in [-0.15, -0.1) is 0 Å². The number of aryl methyl sites for hydroxylation is 1. The molecular weight excluding hydrogens is 335 g/mol. The van der Waals surface area contributed by atoms with E-state index in [1.807, 2.05) is 0 Å². The van der Waals surface area contributed by atoms with Crippen molar-refractivity contribution >= 4 is 12.3 Å². The maximum Gasteiger partial charge on any atom is 0.418 e. The second-order valence-electron chi connectivity index (χ2n) is 4.34. The molecule has 124 valence electrons. The molecule has 2 heterocycles. The van der Waals surface area contributed by atoms with E-state index < -0.39 is 17.3 Å². The van der Waals surface area contributed by atoms with E-state index in [0.29, 0.717) is 30.8 Å². The Hall–Kier alpha value is -2.07. The number of hydrogen-bond donors (Lipinski definition) is 0. The fourth-order valence-electron chi connectivity index (χ4n) is 1.59. The van der Waals surface area contributed by atoms with Gasteiger partial charge in [-0.2, -0.15) is 13.2 Å². The fraction of sp³-hybridized carbons (Fsp3) is 0.308. The van der Waals surface area contributed by atoms with Gasteiger partial charge in [-0.25, -0.2) is 14.5 Å². The van der Waals surface area contributed by atoms with Crippen LogP contribution < -0.4 is 9.74 Å². The third kappa shape index (κ3) is 4.23. The second-order valence-corrected chi connectivity index (χ2v) is 4.88. The number of rotatable bonds is 5. The van der Waals surface area contributed by atoms with Crippen molar-refractivity contribution in [1.82, 2.24) is 14.5 Å². The quantitative estimate of drug-likeness (QED) is 0.612. The van der Waals surface area contributed by atoms with Crippen LogP contribution in [0.15, 0.2) is 29.5 Å². The van der Waals surface area contributed by atoms with E-state index in [1.165, 1.54) is 12.4 Å². The molecule has 0 spiro atoms. The molecule has 0 aliphatic heterocycles. The van der Waals surface area contributed by atoms with E-state index >= 15 is 0 Å². The summed E-state index contributed by atoms with van der Waals surface area (Å²) >= 11 is 0.500. The Balaban J connectivity index is 2.50. The Morgan fingerprint density at radius 3 is 2.65 bits per heavy atom. The molecule has 0 bridgehead atoms. The molecule has 0 unspecified atom stereocenters. The molecule has 6 nitrogen and oxygen atoms in total.